The molecule has 0 N–H and O–H groups in total. The minimum Gasteiger partial charge on any atom is -0.483 e. The molecule has 3 aliphatic rings. The number of likely N-dealkylation sites (N-methyl/N-ethyl adjacent to an activating group) is 1. The highest BCUT2D eigenvalue weighted by Gasteiger charge is 2.38. The zero-order chi connectivity index (χ0) is 21.6. The summed E-state index contributed by atoms with van der Waals surface area (Å²) >= 11 is 0. The lowest BCUT2D eigenvalue weighted by molar-refractivity contribution is -0.144. The van der Waals surface area contributed by atoms with Gasteiger partial charge in [-0.15, -0.1) is 0 Å². The fraction of sp³-hybridized carbons (Fsp3) is 0.600. The van der Waals surface area contributed by atoms with Crippen LogP contribution >= 0.6 is 0 Å². The van der Waals surface area contributed by atoms with Gasteiger partial charge in [-0.25, -0.2) is 0 Å². The van der Waals surface area contributed by atoms with E-state index in [1.54, 1.807) is 0 Å². The van der Waals surface area contributed by atoms with Crippen LogP contribution in [0.15, 0.2) is 36.4 Å². The van der Waals surface area contributed by atoms with Gasteiger partial charge >= 0.3 is 0 Å². The fourth-order valence-corrected chi connectivity index (χ4v) is 5.08. The third-order valence-corrected chi connectivity index (χ3v) is 6.96. The van der Waals surface area contributed by atoms with E-state index < -0.39 is 0 Å². The van der Waals surface area contributed by atoms with Gasteiger partial charge in [0.1, 0.15) is 5.75 Å². The molecule has 0 aliphatic carbocycles. The molecule has 2 fully saturated rings. The second-order valence-corrected chi connectivity index (χ2v) is 8.94. The Morgan fingerprint density at radius 3 is 2.74 bits per heavy atom. The standard InChI is InChI=1S/C25H34N2O4/c1-26-21-10-6-14-27(24(28)17-19-12-15-30-16-13-19)22(21)9-4-2-7-20-8-3-5-11-23(20)31-18-25(26)29/h2-5,8,11,19,21-22H,6-7,9-10,12-18H2,1H3/b4-2+/t21-,22-/m1/s1. The van der Waals surface area contributed by atoms with Gasteiger partial charge in [-0.3, -0.25) is 9.59 Å². The summed E-state index contributed by atoms with van der Waals surface area (Å²) in [6, 6.07) is 7.91. The molecule has 0 unspecified atom stereocenters. The highest BCUT2D eigenvalue weighted by molar-refractivity contribution is 5.79. The van der Waals surface area contributed by atoms with Crippen molar-refractivity contribution in [3.05, 3.63) is 42.0 Å². The quantitative estimate of drug-likeness (QED) is 0.682. The Morgan fingerprint density at radius 1 is 1.10 bits per heavy atom. The number of fused-ring (bicyclic) bond motifs is 2. The Hall–Kier alpha value is -2.34. The first-order valence-corrected chi connectivity index (χ1v) is 11.6. The minimum atomic E-state index is -0.0342. The molecular formula is C25H34N2O4. The van der Waals surface area contributed by atoms with Crippen molar-refractivity contribution in [3.63, 3.8) is 0 Å². The summed E-state index contributed by atoms with van der Waals surface area (Å²) < 4.78 is 11.3. The lowest BCUT2D eigenvalue weighted by Crippen LogP contribution is -2.58. The van der Waals surface area contributed by atoms with Crippen molar-refractivity contribution in [1.82, 2.24) is 9.80 Å². The smallest absolute Gasteiger partial charge is 0.260 e. The van der Waals surface area contributed by atoms with Crippen molar-refractivity contribution in [2.24, 2.45) is 5.92 Å². The van der Waals surface area contributed by atoms with Crippen LogP contribution in [0.5, 0.6) is 5.75 Å². The predicted octanol–water partition coefficient (Wildman–Crippen LogP) is 3.20. The van der Waals surface area contributed by atoms with Gasteiger partial charge in [0.15, 0.2) is 6.61 Å². The Labute approximate surface area is 185 Å². The number of allylic oxidation sites excluding steroid dienone is 1. The first kappa shape index (κ1) is 21.9. The molecule has 31 heavy (non-hydrogen) atoms. The van der Waals surface area contributed by atoms with Crippen LogP contribution in [0, 0.1) is 5.92 Å². The summed E-state index contributed by atoms with van der Waals surface area (Å²) in [5.74, 6) is 1.37. The number of carbonyl (C=O) groups excluding carboxylic acids is 2. The largest absolute Gasteiger partial charge is 0.483 e. The molecule has 0 bridgehead atoms. The van der Waals surface area contributed by atoms with Gasteiger partial charge in [-0.05, 0) is 56.1 Å². The number of nitrogens with zero attached hydrogens (tertiary/aromatic N) is 2. The lowest BCUT2D eigenvalue weighted by atomic mass is 9.89. The van der Waals surface area contributed by atoms with Crippen LogP contribution in [-0.2, 0) is 20.7 Å². The van der Waals surface area contributed by atoms with Crippen molar-refractivity contribution in [2.45, 2.75) is 57.0 Å². The van der Waals surface area contributed by atoms with E-state index in [1.165, 1.54) is 0 Å². The third kappa shape index (κ3) is 5.29. The van der Waals surface area contributed by atoms with E-state index in [2.05, 4.69) is 17.1 Å². The molecule has 6 nitrogen and oxygen atoms in total. The summed E-state index contributed by atoms with van der Waals surface area (Å²) in [6.07, 6.45) is 10.2. The second kappa shape index (κ2) is 10.3. The average molecular weight is 427 g/mol. The van der Waals surface area contributed by atoms with Gasteiger partial charge in [0.25, 0.3) is 5.91 Å². The zero-order valence-corrected chi connectivity index (χ0v) is 18.5. The number of piperidine rings is 1. The molecule has 2 amide bonds. The second-order valence-electron chi connectivity index (χ2n) is 8.94. The van der Waals surface area contributed by atoms with Crippen LogP contribution in [-0.4, -0.2) is 67.1 Å². The molecule has 0 aromatic heterocycles. The number of benzene rings is 1. The number of amides is 2. The molecule has 1 aromatic carbocycles. The van der Waals surface area contributed by atoms with Crippen molar-refractivity contribution in [1.29, 1.82) is 0 Å². The summed E-state index contributed by atoms with van der Waals surface area (Å²) in [7, 11) is 1.86. The number of hydrogen-bond acceptors (Lipinski definition) is 4. The van der Waals surface area contributed by atoms with Gasteiger partial charge in [0.05, 0.1) is 12.1 Å². The average Bonchev–Trinajstić information content (AvgIpc) is 2.80. The van der Waals surface area contributed by atoms with Crippen LogP contribution in [0.1, 0.15) is 44.1 Å². The highest BCUT2D eigenvalue weighted by atomic mass is 16.5. The summed E-state index contributed by atoms with van der Waals surface area (Å²) in [5.41, 5.74) is 1.07. The van der Waals surface area contributed by atoms with Crippen LogP contribution in [0.2, 0.25) is 0 Å². The molecule has 0 spiro atoms. The van der Waals surface area contributed by atoms with E-state index in [1.807, 2.05) is 36.2 Å². The molecule has 4 rings (SSSR count). The predicted molar refractivity (Wildman–Crippen MR) is 119 cm³/mol. The molecule has 1 aromatic rings. The first-order valence-electron chi connectivity index (χ1n) is 11.6. The highest BCUT2D eigenvalue weighted by Crippen LogP contribution is 2.29. The minimum absolute atomic E-state index is 0.0148. The summed E-state index contributed by atoms with van der Waals surface area (Å²) in [5, 5.41) is 0. The molecular weight excluding hydrogens is 392 g/mol. The van der Waals surface area contributed by atoms with E-state index >= 15 is 0 Å². The molecule has 2 saturated heterocycles. The number of para-hydroxylation sites is 1. The Morgan fingerprint density at radius 2 is 1.90 bits per heavy atom. The number of rotatable bonds is 2. The van der Waals surface area contributed by atoms with Crippen molar-refractivity contribution in [3.8, 4) is 5.75 Å². The number of hydrogen-bond donors (Lipinski definition) is 0. The van der Waals surface area contributed by atoms with Crippen LogP contribution in [0.3, 0.4) is 0 Å². The van der Waals surface area contributed by atoms with Gasteiger partial charge in [-0.2, -0.15) is 0 Å². The van der Waals surface area contributed by atoms with Crippen LogP contribution < -0.4 is 4.74 Å². The van der Waals surface area contributed by atoms with Gasteiger partial charge in [0, 0.05) is 33.2 Å². The fourth-order valence-electron chi connectivity index (χ4n) is 5.08. The summed E-state index contributed by atoms with van der Waals surface area (Å²) in [6.45, 7) is 2.31. The topological polar surface area (TPSA) is 59.1 Å². The normalized spacial score (nSPS) is 26.7. The van der Waals surface area contributed by atoms with E-state index in [0.29, 0.717) is 12.3 Å². The Balaban J connectivity index is 1.53. The number of ether oxygens (including phenoxy) is 2. The van der Waals surface area contributed by atoms with Crippen molar-refractivity contribution in [2.75, 3.05) is 33.4 Å². The SMILES string of the molecule is CN1C(=O)COc2ccccc2C/C=C/C[C@@H]2[C@H]1CCCN2C(=O)CC1CCOCC1. The summed E-state index contributed by atoms with van der Waals surface area (Å²) in [4.78, 5) is 30.1. The lowest BCUT2D eigenvalue weighted by Gasteiger charge is -2.45. The van der Waals surface area contributed by atoms with E-state index in [4.69, 9.17) is 9.47 Å². The Bertz CT molecular complexity index is 802. The third-order valence-electron chi connectivity index (χ3n) is 6.96. The molecule has 3 heterocycles. The van der Waals surface area contributed by atoms with Crippen LogP contribution in [0.4, 0.5) is 0 Å². The van der Waals surface area contributed by atoms with Crippen molar-refractivity contribution < 1.29 is 19.1 Å². The number of carbonyl (C=O) groups is 2. The van der Waals surface area contributed by atoms with Gasteiger partial charge in [-0.1, -0.05) is 30.4 Å². The zero-order valence-electron chi connectivity index (χ0n) is 18.5. The van der Waals surface area contributed by atoms with Crippen LogP contribution in [0.25, 0.3) is 0 Å². The van der Waals surface area contributed by atoms with Crippen molar-refractivity contribution >= 4 is 11.8 Å². The molecule has 0 radical (unpaired) electrons. The molecule has 2 atom stereocenters. The Kier molecular flexibility index (Phi) is 7.28. The van der Waals surface area contributed by atoms with E-state index in [-0.39, 0.29) is 30.5 Å². The molecule has 3 aliphatic heterocycles. The maximum atomic E-state index is 13.3. The number of likely N-dealkylation sites (tertiary alicyclic amines) is 1. The first-order chi connectivity index (χ1) is 15.1. The molecule has 6 heteroatoms. The maximum Gasteiger partial charge on any atom is 0.260 e. The van der Waals surface area contributed by atoms with Gasteiger partial charge in [0.2, 0.25) is 5.91 Å². The van der Waals surface area contributed by atoms with Gasteiger partial charge < -0.3 is 19.3 Å². The maximum absolute atomic E-state index is 13.3. The molecule has 0 saturated carbocycles. The monoisotopic (exact) mass is 426 g/mol. The van der Waals surface area contributed by atoms with E-state index in [0.717, 1.165) is 69.6 Å². The van der Waals surface area contributed by atoms with E-state index in [9.17, 15) is 9.59 Å². The molecule has 168 valence electrons.